The first kappa shape index (κ1) is 22.6. The van der Waals surface area contributed by atoms with E-state index >= 15 is 0 Å². The van der Waals surface area contributed by atoms with Gasteiger partial charge in [0.25, 0.3) is 0 Å². The van der Waals surface area contributed by atoms with Gasteiger partial charge in [-0.25, -0.2) is 5.56 Å². The first-order valence-electron chi connectivity index (χ1n) is 9.41. The Balaban J connectivity index is 0.000000234. The van der Waals surface area contributed by atoms with Crippen molar-refractivity contribution < 1.29 is 16.5 Å². The third kappa shape index (κ3) is 6.70. The molecule has 1 radical (unpaired) electrons. The topological polar surface area (TPSA) is 12.9 Å². The number of aromatic nitrogens is 1. The Hall–Kier alpha value is -2.70. The largest absolute Gasteiger partial charge is 3.00 e. The molecule has 0 fully saturated rings. The van der Waals surface area contributed by atoms with Gasteiger partial charge in [-0.1, -0.05) is 32.9 Å². The van der Waals surface area contributed by atoms with Crippen molar-refractivity contribution in [2.45, 2.75) is 26.2 Å². The van der Waals surface area contributed by atoms with E-state index in [1.54, 1.807) is 6.20 Å². The molecule has 1 aromatic heterocycles. The maximum Gasteiger partial charge on any atom is 3.00 e. The SMILES string of the molecule is CC(C)(C)c1cc[c-]cc1.[Ni+3].[c-]1ccccc1-c1[c-]c(-c2ccccn2)ccc1. The molecule has 3 aromatic carbocycles. The van der Waals surface area contributed by atoms with Gasteiger partial charge in [0, 0.05) is 11.9 Å². The number of rotatable bonds is 2. The van der Waals surface area contributed by atoms with Gasteiger partial charge in [0.1, 0.15) is 0 Å². The Morgan fingerprint density at radius 1 is 0.690 bits per heavy atom. The number of pyridine rings is 1. The number of benzene rings is 3. The van der Waals surface area contributed by atoms with Crippen molar-refractivity contribution >= 4 is 0 Å². The Kier molecular flexibility index (Phi) is 8.37. The van der Waals surface area contributed by atoms with E-state index in [2.05, 4.69) is 56.1 Å². The summed E-state index contributed by atoms with van der Waals surface area (Å²) >= 11 is 0. The van der Waals surface area contributed by atoms with E-state index < -0.39 is 0 Å². The number of hydrogen-bond acceptors (Lipinski definition) is 1. The molecule has 1 nitrogen and oxygen atoms in total. The molecule has 0 unspecified atom stereocenters. The molecule has 4 aromatic rings. The zero-order valence-electron chi connectivity index (χ0n) is 16.9. The van der Waals surface area contributed by atoms with E-state index in [-0.39, 0.29) is 21.9 Å². The van der Waals surface area contributed by atoms with Gasteiger partial charge < -0.3 is 0 Å². The van der Waals surface area contributed by atoms with Crippen LogP contribution in [-0.2, 0) is 21.9 Å². The molecule has 1 heterocycles. The third-order valence-electron chi connectivity index (χ3n) is 4.32. The summed E-state index contributed by atoms with van der Waals surface area (Å²) in [5.41, 5.74) is 5.68. The minimum atomic E-state index is 0. The minimum absolute atomic E-state index is 0. The van der Waals surface area contributed by atoms with Crippen LogP contribution in [0.1, 0.15) is 26.3 Å². The molecular formula is C27H24NNi. The summed E-state index contributed by atoms with van der Waals surface area (Å²) in [5, 5.41) is 0. The third-order valence-corrected chi connectivity index (χ3v) is 4.32. The molecule has 0 bridgehead atoms. The first-order valence-corrected chi connectivity index (χ1v) is 9.41. The molecular weight excluding hydrogens is 397 g/mol. The van der Waals surface area contributed by atoms with Crippen molar-refractivity contribution in [1.29, 1.82) is 0 Å². The summed E-state index contributed by atoms with van der Waals surface area (Å²) in [7, 11) is 0. The van der Waals surface area contributed by atoms with Gasteiger partial charge >= 0.3 is 16.5 Å². The molecule has 0 amide bonds. The fourth-order valence-corrected chi connectivity index (χ4v) is 2.75. The van der Waals surface area contributed by atoms with Crippen molar-refractivity contribution in [2.24, 2.45) is 0 Å². The Labute approximate surface area is 184 Å². The molecule has 4 rings (SSSR count). The van der Waals surface area contributed by atoms with E-state index in [0.29, 0.717) is 0 Å². The zero-order valence-corrected chi connectivity index (χ0v) is 17.9. The van der Waals surface area contributed by atoms with Crippen LogP contribution in [0, 0.1) is 18.2 Å². The molecule has 0 aliphatic rings. The molecule has 2 heteroatoms. The van der Waals surface area contributed by atoms with Crippen LogP contribution in [0.4, 0.5) is 0 Å². The van der Waals surface area contributed by atoms with Crippen LogP contribution in [0.5, 0.6) is 0 Å². The molecule has 147 valence electrons. The standard InChI is InChI=1S/C17H11N.C10H13.Ni/c1-2-7-14(8-3-1)15-9-6-10-16(13-15)17-11-4-5-12-18-17;1-10(2,3)9-7-5-4-6-8-9;/h1-7,9-12H;5-8H,1-3H3;/q-2;-1;+3. The van der Waals surface area contributed by atoms with Gasteiger partial charge in [-0.15, -0.1) is 23.8 Å². The zero-order chi connectivity index (χ0) is 19.8. The van der Waals surface area contributed by atoms with Crippen LogP contribution in [-0.4, -0.2) is 4.98 Å². The van der Waals surface area contributed by atoms with Gasteiger partial charge in [0.15, 0.2) is 0 Å². The number of nitrogens with zero attached hydrogens (tertiary/aromatic N) is 1. The first-order chi connectivity index (χ1) is 13.5. The predicted octanol–water partition coefficient (Wildman–Crippen LogP) is 6.80. The average Bonchev–Trinajstić information content (AvgIpc) is 2.76. The van der Waals surface area contributed by atoms with Gasteiger partial charge in [-0.05, 0) is 11.5 Å². The second-order valence-corrected chi connectivity index (χ2v) is 7.51. The summed E-state index contributed by atoms with van der Waals surface area (Å²) in [5.74, 6) is 0. The monoisotopic (exact) mass is 420 g/mol. The smallest absolute Gasteiger partial charge is 0.295 e. The molecule has 0 aliphatic carbocycles. The van der Waals surface area contributed by atoms with Crippen LogP contribution in [0.2, 0.25) is 0 Å². The summed E-state index contributed by atoms with van der Waals surface area (Å²) in [6.45, 7) is 6.63. The maximum atomic E-state index is 4.34. The van der Waals surface area contributed by atoms with Crippen molar-refractivity contribution in [2.75, 3.05) is 0 Å². The van der Waals surface area contributed by atoms with E-state index in [0.717, 1.165) is 22.4 Å². The molecule has 0 N–H and O–H groups in total. The molecule has 0 saturated heterocycles. The molecule has 29 heavy (non-hydrogen) atoms. The van der Waals surface area contributed by atoms with Crippen LogP contribution in [0.3, 0.4) is 0 Å². The van der Waals surface area contributed by atoms with Crippen molar-refractivity contribution in [3.63, 3.8) is 0 Å². The van der Waals surface area contributed by atoms with Crippen LogP contribution < -0.4 is 0 Å². The Morgan fingerprint density at radius 3 is 1.97 bits per heavy atom. The predicted molar refractivity (Wildman–Crippen MR) is 117 cm³/mol. The van der Waals surface area contributed by atoms with Gasteiger partial charge in [0.2, 0.25) is 0 Å². The normalized spacial score (nSPS) is 10.3. The average molecular weight is 421 g/mol. The van der Waals surface area contributed by atoms with Crippen molar-refractivity contribution in [3.8, 4) is 22.4 Å². The summed E-state index contributed by atoms with van der Waals surface area (Å²) in [4.78, 5) is 4.34. The summed E-state index contributed by atoms with van der Waals surface area (Å²) in [6.07, 6.45) is 1.80. The van der Waals surface area contributed by atoms with Crippen molar-refractivity contribution in [3.05, 3.63) is 115 Å². The van der Waals surface area contributed by atoms with E-state index in [1.165, 1.54) is 5.56 Å². The Bertz CT molecular complexity index is 920. The van der Waals surface area contributed by atoms with E-state index in [4.69, 9.17) is 0 Å². The van der Waals surface area contributed by atoms with Gasteiger partial charge in [-0.2, -0.15) is 77.9 Å². The van der Waals surface area contributed by atoms with Crippen molar-refractivity contribution in [1.82, 2.24) is 4.98 Å². The molecule has 0 spiro atoms. The van der Waals surface area contributed by atoms with E-state index in [1.807, 2.05) is 72.8 Å². The van der Waals surface area contributed by atoms with Crippen LogP contribution in [0.15, 0.2) is 91.1 Å². The summed E-state index contributed by atoms with van der Waals surface area (Å²) < 4.78 is 0. The maximum absolute atomic E-state index is 4.34. The van der Waals surface area contributed by atoms with Gasteiger partial charge in [0.05, 0.1) is 0 Å². The molecule has 0 atom stereocenters. The quantitative estimate of drug-likeness (QED) is 0.256. The van der Waals surface area contributed by atoms with Crippen LogP contribution in [0.25, 0.3) is 22.4 Å². The minimum Gasteiger partial charge on any atom is -0.295 e. The Morgan fingerprint density at radius 2 is 1.38 bits per heavy atom. The molecule has 0 saturated carbocycles. The van der Waals surface area contributed by atoms with Gasteiger partial charge in [-0.3, -0.25) is 4.98 Å². The number of hydrogen-bond donors (Lipinski definition) is 0. The fourth-order valence-electron chi connectivity index (χ4n) is 2.75. The van der Waals surface area contributed by atoms with E-state index in [9.17, 15) is 0 Å². The second-order valence-electron chi connectivity index (χ2n) is 7.51. The van der Waals surface area contributed by atoms with Crippen LogP contribution >= 0.6 is 0 Å². The second kappa shape index (κ2) is 10.7. The molecule has 0 aliphatic heterocycles. The summed E-state index contributed by atoms with van der Waals surface area (Å²) in [6, 6.07) is 37.6. The fraction of sp³-hybridized carbons (Fsp3) is 0.148.